The molecule has 0 aliphatic rings. The molecule has 0 saturated heterocycles. The summed E-state index contributed by atoms with van der Waals surface area (Å²) in [6.07, 6.45) is 1.48. The molecular formula is C14H13N3O4. The number of ether oxygens (including phenoxy) is 1. The average Bonchev–Trinajstić information content (AvgIpc) is 2.47. The molecule has 0 radical (unpaired) electrons. The maximum Gasteiger partial charge on any atom is 0.271 e. The molecule has 0 heterocycles. The first-order chi connectivity index (χ1) is 10.0. The third-order valence-corrected chi connectivity index (χ3v) is 2.78. The quantitative estimate of drug-likeness (QED) is 0.388. The number of phenolic OH excluding ortho intramolecular Hbond substituents is 1. The number of non-ortho nitro benzene ring substituents is 1. The van der Waals surface area contributed by atoms with E-state index in [1.807, 2.05) is 0 Å². The number of aliphatic imine (C=N–C) groups is 1. The van der Waals surface area contributed by atoms with Crippen LogP contribution in [0.3, 0.4) is 0 Å². The van der Waals surface area contributed by atoms with Gasteiger partial charge in [0.05, 0.1) is 23.4 Å². The van der Waals surface area contributed by atoms with Crippen LogP contribution in [0.5, 0.6) is 11.5 Å². The Morgan fingerprint density at radius 1 is 1.33 bits per heavy atom. The van der Waals surface area contributed by atoms with Crippen LogP contribution < -0.4 is 10.5 Å². The number of nitrogen functional groups attached to an aromatic ring is 1. The zero-order chi connectivity index (χ0) is 15.4. The van der Waals surface area contributed by atoms with Crippen molar-refractivity contribution < 1.29 is 14.8 Å². The van der Waals surface area contributed by atoms with E-state index in [-0.39, 0.29) is 11.4 Å². The van der Waals surface area contributed by atoms with Crippen LogP contribution in [0, 0.1) is 10.1 Å². The molecule has 2 aromatic rings. The maximum atomic E-state index is 10.7. The summed E-state index contributed by atoms with van der Waals surface area (Å²) in [6, 6.07) is 8.74. The number of hydrogen-bond acceptors (Lipinski definition) is 6. The molecule has 0 unspecified atom stereocenters. The van der Waals surface area contributed by atoms with Gasteiger partial charge in [0.2, 0.25) is 0 Å². The number of nitrogens with two attached hydrogens (primary N) is 1. The molecule has 108 valence electrons. The number of aromatic hydroxyl groups is 1. The highest BCUT2D eigenvalue weighted by Crippen LogP contribution is 2.28. The molecule has 3 N–H and O–H groups in total. The Bertz CT molecular complexity index is 713. The predicted molar refractivity (Wildman–Crippen MR) is 79.4 cm³/mol. The fourth-order valence-electron chi connectivity index (χ4n) is 1.68. The molecule has 0 spiro atoms. The molecule has 21 heavy (non-hydrogen) atoms. The van der Waals surface area contributed by atoms with Gasteiger partial charge in [-0.3, -0.25) is 15.1 Å². The second kappa shape index (κ2) is 5.91. The Kier molecular flexibility index (Phi) is 4.03. The van der Waals surface area contributed by atoms with Crippen LogP contribution in [0.1, 0.15) is 5.56 Å². The number of nitro benzene ring substituents is 1. The van der Waals surface area contributed by atoms with Crippen molar-refractivity contribution in [2.75, 3.05) is 12.8 Å². The minimum Gasteiger partial charge on any atom is -0.504 e. The second-order valence-electron chi connectivity index (χ2n) is 4.19. The first-order valence-corrected chi connectivity index (χ1v) is 5.96. The molecule has 2 aromatic carbocycles. The summed E-state index contributed by atoms with van der Waals surface area (Å²) in [5, 5.41) is 20.2. The van der Waals surface area contributed by atoms with E-state index in [1.165, 1.54) is 37.6 Å². The van der Waals surface area contributed by atoms with Crippen molar-refractivity contribution in [3.05, 3.63) is 52.1 Å². The summed E-state index contributed by atoms with van der Waals surface area (Å²) in [6.45, 7) is 0. The molecule has 0 fully saturated rings. The van der Waals surface area contributed by atoms with Crippen molar-refractivity contribution in [1.82, 2.24) is 0 Å². The molecule has 2 rings (SSSR count). The molecule has 0 aliphatic carbocycles. The molecule has 0 aliphatic heterocycles. The number of benzene rings is 2. The number of anilines is 1. The van der Waals surface area contributed by atoms with Gasteiger partial charge in [-0.1, -0.05) is 0 Å². The minimum absolute atomic E-state index is 0.0181. The number of phenols is 1. The smallest absolute Gasteiger partial charge is 0.271 e. The summed E-state index contributed by atoms with van der Waals surface area (Å²) in [5.41, 5.74) is 6.95. The topological polar surface area (TPSA) is 111 Å². The summed E-state index contributed by atoms with van der Waals surface area (Å²) in [4.78, 5) is 14.3. The molecule has 7 nitrogen and oxygen atoms in total. The Morgan fingerprint density at radius 3 is 2.76 bits per heavy atom. The van der Waals surface area contributed by atoms with Gasteiger partial charge < -0.3 is 15.6 Å². The van der Waals surface area contributed by atoms with Crippen LogP contribution in [0.25, 0.3) is 0 Å². The van der Waals surface area contributed by atoms with Crippen molar-refractivity contribution in [1.29, 1.82) is 0 Å². The zero-order valence-corrected chi connectivity index (χ0v) is 11.2. The van der Waals surface area contributed by atoms with Crippen molar-refractivity contribution in [3.8, 4) is 11.5 Å². The van der Waals surface area contributed by atoms with Crippen LogP contribution >= 0.6 is 0 Å². The Balaban J connectivity index is 2.33. The minimum atomic E-state index is -0.512. The maximum absolute atomic E-state index is 10.7. The molecule has 0 bridgehead atoms. The van der Waals surface area contributed by atoms with Crippen LogP contribution in [0.15, 0.2) is 41.4 Å². The third-order valence-electron chi connectivity index (χ3n) is 2.78. The van der Waals surface area contributed by atoms with E-state index < -0.39 is 4.92 Å². The Labute approximate surface area is 120 Å². The van der Waals surface area contributed by atoms with Crippen molar-refractivity contribution in [2.24, 2.45) is 4.99 Å². The molecular weight excluding hydrogens is 274 g/mol. The summed E-state index contributed by atoms with van der Waals surface area (Å²) < 4.78 is 4.99. The predicted octanol–water partition coefficient (Wildman–Crippen LogP) is 2.64. The summed E-state index contributed by atoms with van der Waals surface area (Å²) in [7, 11) is 1.44. The van der Waals surface area contributed by atoms with Crippen molar-refractivity contribution >= 4 is 23.3 Å². The van der Waals surface area contributed by atoms with E-state index in [4.69, 9.17) is 10.5 Å². The number of hydrogen-bond donors (Lipinski definition) is 2. The van der Waals surface area contributed by atoms with Gasteiger partial charge >= 0.3 is 0 Å². The van der Waals surface area contributed by atoms with Crippen molar-refractivity contribution in [3.63, 3.8) is 0 Å². The second-order valence-corrected chi connectivity index (χ2v) is 4.19. The lowest BCUT2D eigenvalue weighted by molar-refractivity contribution is -0.384. The first kappa shape index (κ1) is 14.3. The van der Waals surface area contributed by atoms with Crippen LogP contribution in [0.2, 0.25) is 0 Å². The highest BCUT2D eigenvalue weighted by atomic mass is 16.6. The lowest BCUT2D eigenvalue weighted by Gasteiger charge is -2.04. The highest BCUT2D eigenvalue weighted by molar-refractivity contribution is 5.85. The third kappa shape index (κ3) is 3.27. The average molecular weight is 287 g/mol. The fraction of sp³-hybridized carbons (Fsp3) is 0.0714. The number of nitro groups is 1. The van der Waals surface area contributed by atoms with E-state index in [1.54, 1.807) is 12.1 Å². The van der Waals surface area contributed by atoms with Crippen LogP contribution in [0.4, 0.5) is 17.1 Å². The van der Waals surface area contributed by atoms with Crippen molar-refractivity contribution in [2.45, 2.75) is 0 Å². The standard InChI is InChI=1S/C14H13N3O4/c1-21-14-6-9(2-5-13(14)18)8-16-12-7-10(17(19)20)3-4-11(12)15/h2-8,18H,15H2,1H3. The van der Waals surface area contributed by atoms with Gasteiger partial charge in [0, 0.05) is 18.3 Å². The van der Waals surface area contributed by atoms with Gasteiger partial charge in [-0.05, 0) is 29.8 Å². The zero-order valence-electron chi connectivity index (χ0n) is 11.2. The van der Waals surface area contributed by atoms with E-state index in [0.29, 0.717) is 22.7 Å². The van der Waals surface area contributed by atoms with Gasteiger partial charge in [0.25, 0.3) is 5.69 Å². The highest BCUT2D eigenvalue weighted by Gasteiger charge is 2.08. The monoisotopic (exact) mass is 287 g/mol. The number of rotatable bonds is 4. The summed E-state index contributed by atoms with van der Waals surface area (Å²) in [5.74, 6) is 0.329. The number of methoxy groups -OCH3 is 1. The molecule has 0 saturated carbocycles. The van der Waals surface area contributed by atoms with Gasteiger partial charge in [-0.25, -0.2) is 0 Å². The van der Waals surface area contributed by atoms with Gasteiger partial charge in [0.1, 0.15) is 0 Å². The van der Waals surface area contributed by atoms with Gasteiger partial charge in [-0.15, -0.1) is 0 Å². The molecule has 7 heteroatoms. The lowest BCUT2D eigenvalue weighted by atomic mass is 10.2. The van der Waals surface area contributed by atoms with Crippen LogP contribution in [-0.2, 0) is 0 Å². The first-order valence-electron chi connectivity index (χ1n) is 5.96. The molecule has 0 amide bonds. The SMILES string of the molecule is COc1cc(C=Nc2cc([N+](=O)[O-])ccc2N)ccc1O. The molecule has 0 aromatic heterocycles. The van der Waals surface area contributed by atoms with E-state index in [9.17, 15) is 15.2 Å². The van der Waals surface area contributed by atoms with E-state index in [0.717, 1.165) is 0 Å². The number of nitrogens with zero attached hydrogens (tertiary/aromatic N) is 2. The lowest BCUT2D eigenvalue weighted by Crippen LogP contribution is -1.91. The summed E-state index contributed by atoms with van der Waals surface area (Å²) >= 11 is 0. The van der Waals surface area contributed by atoms with E-state index >= 15 is 0 Å². The van der Waals surface area contributed by atoms with Gasteiger partial charge in [0.15, 0.2) is 11.5 Å². The van der Waals surface area contributed by atoms with Gasteiger partial charge in [-0.2, -0.15) is 0 Å². The van der Waals surface area contributed by atoms with E-state index in [2.05, 4.69) is 4.99 Å². The Morgan fingerprint density at radius 2 is 2.10 bits per heavy atom. The fourth-order valence-corrected chi connectivity index (χ4v) is 1.68. The largest absolute Gasteiger partial charge is 0.504 e. The Hall–Kier alpha value is -3.09. The molecule has 0 atom stereocenters. The normalized spacial score (nSPS) is 10.7. The van der Waals surface area contributed by atoms with Crippen LogP contribution in [-0.4, -0.2) is 23.4 Å².